The molecule has 0 spiro atoms. The summed E-state index contributed by atoms with van der Waals surface area (Å²) in [4.78, 5) is 44.4. The van der Waals surface area contributed by atoms with Crippen LogP contribution in [0.4, 0.5) is 5.69 Å². The van der Waals surface area contributed by atoms with Crippen LogP contribution in [0.25, 0.3) is 0 Å². The minimum Gasteiger partial charge on any atom is -0.473 e. The average Bonchev–Trinajstić information content (AvgIpc) is 2.61. The highest BCUT2D eigenvalue weighted by atomic mass is 16.4. The molecule has 9 heteroatoms. The van der Waals surface area contributed by atoms with Gasteiger partial charge in [-0.05, 0) is 43.7 Å². The van der Waals surface area contributed by atoms with Gasteiger partial charge in [-0.3, -0.25) is 14.6 Å². The van der Waals surface area contributed by atoms with Gasteiger partial charge in [0.2, 0.25) is 12.3 Å². The van der Waals surface area contributed by atoms with Crippen LogP contribution < -0.4 is 10.6 Å². The number of carboxylic acids is 2. The van der Waals surface area contributed by atoms with Crippen LogP contribution in [0, 0.1) is 11.8 Å². The number of anilines is 1. The van der Waals surface area contributed by atoms with E-state index in [4.69, 9.17) is 19.8 Å². The number of amides is 2. The number of hydrogen-bond donors (Lipinski definition) is 4. The minimum absolute atomic E-state index is 0.0839. The van der Waals surface area contributed by atoms with Crippen molar-refractivity contribution < 1.29 is 29.4 Å². The Labute approximate surface area is 144 Å². The first-order valence-corrected chi connectivity index (χ1v) is 7.78. The normalized spacial score (nSPS) is 18.9. The molecule has 136 valence electrons. The molecule has 0 aliphatic heterocycles. The first kappa shape index (κ1) is 20.1. The van der Waals surface area contributed by atoms with E-state index in [1.54, 1.807) is 24.5 Å². The number of hydrogen-bond acceptors (Lipinski definition) is 5. The summed E-state index contributed by atoms with van der Waals surface area (Å²) >= 11 is 0. The predicted molar refractivity (Wildman–Crippen MR) is 87.7 cm³/mol. The maximum absolute atomic E-state index is 12.1. The Balaban J connectivity index is 0.000000450. The van der Waals surface area contributed by atoms with Gasteiger partial charge in [-0.25, -0.2) is 9.59 Å². The van der Waals surface area contributed by atoms with Gasteiger partial charge in [-0.1, -0.05) is 0 Å². The molecule has 0 atom stereocenters. The number of rotatable bonds is 5. The SMILES string of the molecule is O=C(O)C(=O)O.O=CNCC1CCC(C(=O)Nc2ccncc2)CC1. The second-order valence-corrected chi connectivity index (χ2v) is 5.58. The molecule has 0 unspecified atom stereocenters. The average molecular weight is 351 g/mol. The quantitative estimate of drug-likeness (QED) is 0.452. The molecule has 1 fully saturated rings. The number of pyridine rings is 1. The number of carbonyl (C=O) groups is 4. The molecule has 1 aromatic rings. The van der Waals surface area contributed by atoms with E-state index in [0.717, 1.165) is 44.3 Å². The zero-order valence-electron chi connectivity index (χ0n) is 13.6. The lowest BCUT2D eigenvalue weighted by molar-refractivity contribution is -0.159. The van der Waals surface area contributed by atoms with Gasteiger partial charge >= 0.3 is 11.9 Å². The number of nitrogens with zero attached hydrogens (tertiary/aromatic N) is 1. The van der Waals surface area contributed by atoms with Gasteiger partial charge < -0.3 is 20.8 Å². The second kappa shape index (κ2) is 10.7. The Hall–Kier alpha value is -2.97. The van der Waals surface area contributed by atoms with E-state index < -0.39 is 11.9 Å². The summed E-state index contributed by atoms with van der Waals surface area (Å²) in [5.41, 5.74) is 0.796. The van der Waals surface area contributed by atoms with E-state index in [1.807, 2.05) is 0 Å². The first-order chi connectivity index (χ1) is 11.9. The minimum atomic E-state index is -1.82. The standard InChI is InChI=1S/C14H19N3O2.C2H2O4/c18-10-16-9-11-1-3-12(4-2-11)14(19)17-13-5-7-15-8-6-13;3-1(4)2(5)6/h5-8,10-12H,1-4,9H2,(H,16,18)(H,15,17,19);(H,3,4)(H,5,6). The van der Waals surface area contributed by atoms with Crippen LogP contribution in [0.15, 0.2) is 24.5 Å². The van der Waals surface area contributed by atoms with Crippen molar-refractivity contribution in [2.75, 3.05) is 11.9 Å². The Morgan fingerprint density at radius 3 is 2.12 bits per heavy atom. The van der Waals surface area contributed by atoms with Crippen molar-refractivity contribution in [3.63, 3.8) is 0 Å². The highest BCUT2D eigenvalue weighted by Crippen LogP contribution is 2.29. The molecule has 1 aromatic heterocycles. The van der Waals surface area contributed by atoms with Gasteiger partial charge in [0.05, 0.1) is 0 Å². The molecule has 2 amide bonds. The van der Waals surface area contributed by atoms with Gasteiger partial charge in [-0.15, -0.1) is 0 Å². The maximum atomic E-state index is 12.1. The molecule has 1 heterocycles. The van der Waals surface area contributed by atoms with Crippen molar-refractivity contribution in [2.24, 2.45) is 11.8 Å². The van der Waals surface area contributed by atoms with Crippen molar-refractivity contribution in [3.05, 3.63) is 24.5 Å². The van der Waals surface area contributed by atoms with Crippen LogP contribution in [-0.4, -0.2) is 46.0 Å². The molecule has 25 heavy (non-hydrogen) atoms. The Bertz CT molecular complexity index is 573. The fourth-order valence-corrected chi connectivity index (χ4v) is 2.52. The molecule has 1 aliphatic carbocycles. The number of aliphatic carboxylic acids is 2. The first-order valence-electron chi connectivity index (χ1n) is 7.78. The van der Waals surface area contributed by atoms with Gasteiger partial charge in [-0.2, -0.15) is 0 Å². The van der Waals surface area contributed by atoms with E-state index in [2.05, 4.69) is 15.6 Å². The van der Waals surface area contributed by atoms with Crippen molar-refractivity contribution >= 4 is 29.9 Å². The van der Waals surface area contributed by atoms with Crippen molar-refractivity contribution in [2.45, 2.75) is 25.7 Å². The summed E-state index contributed by atoms with van der Waals surface area (Å²) in [7, 11) is 0. The number of carbonyl (C=O) groups excluding carboxylic acids is 2. The van der Waals surface area contributed by atoms with Crippen molar-refractivity contribution in [3.8, 4) is 0 Å². The summed E-state index contributed by atoms with van der Waals surface area (Å²) in [6, 6.07) is 3.58. The van der Waals surface area contributed by atoms with Crippen LogP contribution in [0.2, 0.25) is 0 Å². The number of carboxylic acid groups (broad SMARTS) is 2. The molecule has 0 saturated heterocycles. The van der Waals surface area contributed by atoms with Crippen LogP contribution >= 0.6 is 0 Å². The van der Waals surface area contributed by atoms with Gasteiger partial charge in [0.15, 0.2) is 0 Å². The van der Waals surface area contributed by atoms with Crippen molar-refractivity contribution in [1.82, 2.24) is 10.3 Å². The molecule has 1 aliphatic rings. The maximum Gasteiger partial charge on any atom is 0.414 e. The van der Waals surface area contributed by atoms with E-state index in [0.29, 0.717) is 5.92 Å². The summed E-state index contributed by atoms with van der Waals surface area (Å²) in [5, 5.41) is 20.4. The fraction of sp³-hybridized carbons (Fsp3) is 0.438. The Morgan fingerprint density at radius 2 is 1.64 bits per heavy atom. The lowest BCUT2D eigenvalue weighted by atomic mass is 9.81. The molecular weight excluding hydrogens is 330 g/mol. The highest BCUT2D eigenvalue weighted by molar-refractivity contribution is 6.27. The summed E-state index contributed by atoms with van der Waals surface area (Å²) < 4.78 is 0. The third-order valence-electron chi connectivity index (χ3n) is 3.84. The third-order valence-corrected chi connectivity index (χ3v) is 3.84. The summed E-state index contributed by atoms with van der Waals surface area (Å²) in [6.07, 6.45) is 7.84. The van der Waals surface area contributed by atoms with Gasteiger partial charge in [0, 0.05) is 30.5 Å². The molecule has 4 N–H and O–H groups in total. The lowest BCUT2D eigenvalue weighted by Gasteiger charge is -2.27. The van der Waals surface area contributed by atoms with Crippen LogP contribution in [0.1, 0.15) is 25.7 Å². The monoisotopic (exact) mass is 351 g/mol. The zero-order chi connectivity index (χ0) is 18.7. The largest absolute Gasteiger partial charge is 0.473 e. The third kappa shape index (κ3) is 7.91. The van der Waals surface area contributed by atoms with Gasteiger partial charge in [0.25, 0.3) is 0 Å². The number of aromatic nitrogens is 1. The smallest absolute Gasteiger partial charge is 0.414 e. The van der Waals surface area contributed by atoms with Crippen LogP contribution in [0.3, 0.4) is 0 Å². The summed E-state index contributed by atoms with van der Waals surface area (Å²) in [6.45, 7) is 0.724. The Kier molecular flexibility index (Phi) is 8.62. The molecule has 0 radical (unpaired) electrons. The van der Waals surface area contributed by atoms with Gasteiger partial charge in [0.1, 0.15) is 0 Å². The lowest BCUT2D eigenvalue weighted by Crippen LogP contribution is -2.30. The second-order valence-electron chi connectivity index (χ2n) is 5.58. The Morgan fingerprint density at radius 1 is 1.08 bits per heavy atom. The fourth-order valence-electron chi connectivity index (χ4n) is 2.52. The van der Waals surface area contributed by atoms with E-state index >= 15 is 0 Å². The van der Waals surface area contributed by atoms with Crippen LogP contribution in [-0.2, 0) is 19.2 Å². The molecule has 1 saturated carbocycles. The molecule has 0 bridgehead atoms. The van der Waals surface area contributed by atoms with E-state index in [1.165, 1.54) is 0 Å². The predicted octanol–water partition coefficient (Wildman–Crippen LogP) is 0.728. The van der Waals surface area contributed by atoms with Crippen molar-refractivity contribution in [1.29, 1.82) is 0 Å². The molecule has 9 nitrogen and oxygen atoms in total. The molecule has 2 rings (SSSR count). The zero-order valence-corrected chi connectivity index (χ0v) is 13.6. The molecule has 0 aromatic carbocycles. The van der Waals surface area contributed by atoms with E-state index in [9.17, 15) is 9.59 Å². The highest BCUT2D eigenvalue weighted by Gasteiger charge is 2.26. The summed E-state index contributed by atoms with van der Waals surface area (Å²) in [5.74, 6) is -2.96. The van der Waals surface area contributed by atoms with Crippen LogP contribution in [0.5, 0.6) is 0 Å². The topological polar surface area (TPSA) is 146 Å². The number of nitrogens with one attached hydrogen (secondary N) is 2. The molecular formula is C16H21N3O6. The van der Waals surface area contributed by atoms with E-state index in [-0.39, 0.29) is 11.8 Å².